The van der Waals surface area contributed by atoms with Crippen LogP contribution in [0.5, 0.6) is 0 Å². The normalized spacial score (nSPS) is 28.3. The predicted molar refractivity (Wildman–Crippen MR) is 172 cm³/mol. The number of hydrogen-bond donors (Lipinski definition) is 0. The van der Waals surface area contributed by atoms with E-state index in [9.17, 15) is 20.8 Å². The molecule has 0 saturated carbocycles. The molecular weight excluding hydrogens is 611 g/mol. The van der Waals surface area contributed by atoms with Crippen LogP contribution in [0.4, 0.5) is 15.5 Å². The van der Waals surface area contributed by atoms with E-state index in [1.54, 1.807) is 0 Å². The van der Waals surface area contributed by atoms with Crippen molar-refractivity contribution in [1.29, 1.82) is 0 Å². The molecule has 250 valence electrons. The Kier molecular flexibility index (Phi) is 7.57. The molecule has 0 radical (unpaired) electrons. The molecule has 3 heterocycles. The van der Waals surface area contributed by atoms with Crippen LogP contribution in [0.2, 0.25) is 18.1 Å². The number of ether oxygens (including phenoxy) is 2. The highest BCUT2D eigenvalue weighted by Crippen LogP contribution is 2.97. The zero-order chi connectivity index (χ0) is 33.0. The number of aromatic nitrogens is 1. The van der Waals surface area contributed by atoms with Crippen LogP contribution in [0.1, 0.15) is 120 Å². The third-order valence-electron chi connectivity index (χ3n) is 10.6. The molecule has 0 N–H and O–H groups in total. The fourth-order valence-corrected chi connectivity index (χ4v) is 9.58. The van der Waals surface area contributed by atoms with Crippen molar-refractivity contribution in [2.24, 2.45) is 5.41 Å². The second kappa shape index (κ2) is 9.81. The molecular formula is C33H51F4NO4SSi. The van der Waals surface area contributed by atoms with E-state index < -0.39 is 41.5 Å². The Morgan fingerprint density at radius 1 is 1.09 bits per heavy atom. The van der Waals surface area contributed by atoms with E-state index in [0.717, 1.165) is 33.9 Å². The van der Waals surface area contributed by atoms with Gasteiger partial charge in [-0.1, -0.05) is 66.7 Å². The van der Waals surface area contributed by atoms with Gasteiger partial charge in [-0.3, -0.25) is 0 Å². The summed E-state index contributed by atoms with van der Waals surface area (Å²) in [5, 5.41) is 12.3. The molecule has 0 amide bonds. The number of fused-ring (bicyclic) bond motifs is 4. The van der Waals surface area contributed by atoms with Gasteiger partial charge in [-0.15, -0.1) is 15.5 Å². The maximum Gasteiger partial charge on any atom is 0.202 e. The van der Waals surface area contributed by atoms with Crippen LogP contribution in [0.15, 0.2) is 23.8 Å². The second-order valence-corrected chi connectivity index (χ2v) is 24.9. The molecule has 3 unspecified atom stereocenters. The lowest BCUT2D eigenvalue weighted by Gasteiger charge is -2.51. The SMILES string of the molecule is CC(C)c1c2c(c3c([n+]1[O-])CC(C)(C)CC3O[Si](C)(C)C(C)(C)C)C1(CCOCC1)OC2C1=CCC(S(C)(F)(F)(F)F)C=C1. The van der Waals surface area contributed by atoms with Crippen molar-refractivity contribution in [1.82, 2.24) is 0 Å². The van der Waals surface area contributed by atoms with Crippen LogP contribution in [0.3, 0.4) is 0 Å². The minimum atomic E-state index is -8.23. The lowest BCUT2D eigenvalue weighted by molar-refractivity contribution is -0.626. The van der Waals surface area contributed by atoms with Crippen LogP contribution in [-0.2, 0) is 25.9 Å². The Morgan fingerprint density at radius 3 is 2.20 bits per heavy atom. The molecule has 1 fully saturated rings. The molecule has 3 atom stereocenters. The van der Waals surface area contributed by atoms with Crippen LogP contribution >= 0.6 is 9.84 Å². The van der Waals surface area contributed by atoms with Gasteiger partial charge in [-0.05, 0) is 42.0 Å². The summed E-state index contributed by atoms with van der Waals surface area (Å²) < 4.78 is 78.5. The first-order valence-corrected chi connectivity index (χ1v) is 21.3. The Morgan fingerprint density at radius 2 is 1.70 bits per heavy atom. The van der Waals surface area contributed by atoms with Crippen LogP contribution in [-0.4, -0.2) is 33.0 Å². The van der Waals surface area contributed by atoms with Crippen LogP contribution in [0.25, 0.3) is 0 Å². The number of halogens is 4. The van der Waals surface area contributed by atoms with Gasteiger partial charge in [0, 0.05) is 50.2 Å². The summed E-state index contributed by atoms with van der Waals surface area (Å²) in [6.07, 6.45) is 4.46. The van der Waals surface area contributed by atoms with Gasteiger partial charge in [0.2, 0.25) is 5.69 Å². The number of hydrogen-bond acceptors (Lipinski definition) is 4. The fourth-order valence-electron chi connectivity index (χ4n) is 7.26. The molecule has 0 aromatic carbocycles. The van der Waals surface area contributed by atoms with Gasteiger partial charge in [0.1, 0.15) is 6.10 Å². The van der Waals surface area contributed by atoms with Gasteiger partial charge in [0.05, 0.1) is 28.1 Å². The molecule has 2 aliphatic heterocycles. The van der Waals surface area contributed by atoms with E-state index >= 15 is 0 Å². The monoisotopic (exact) mass is 661 g/mol. The molecule has 0 bridgehead atoms. The molecule has 1 saturated heterocycles. The van der Waals surface area contributed by atoms with Gasteiger partial charge in [-0.25, -0.2) is 0 Å². The highest BCUT2D eigenvalue weighted by molar-refractivity contribution is 8.49. The largest absolute Gasteiger partial charge is 0.618 e. The number of rotatable bonds is 5. The van der Waals surface area contributed by atoms with Crippen LogP contribution in [0, 0.1) is 10.6 Å². The molecule has 1 aromatic heterocycles. The van der Waals surface area contributed by atoms with Crippen molar-refractivity contribution in [3.05, 3.63) is 57.1 Å². The van der Waals surface area contributed by atoms with Crippen molar-refractivity contribution >= 4 is 18.2 Å². The van der Waals surface area contributed by atoms with Crippen LogP contribution < -0.4 is 4.73 Å². The lowest BCUT2D eigenvalue weighted by Crippen LogP contribution is -2.49. The van der Waals surface area contributed by atoms with Gasteiger partial charge in [-0.2, -0.15) is 4.73 Å². The van der Waals surface area contributed by atoms with E-state index in [1.807, 2.05) is 13.8 Å². The molecule has 5 nitrogen and oxygen atoms in total. The Bertz CT molecular complexity index is 1410. The van der Waals surface area contributed by atoms with Crippen molar-refractivity contribution in [2.45, 2.75) is 128 Å². The fraction of sp³-hybridized carbons (Fsp3) is 0.727. The number of allylic oxidation sites excluding steroid dienone is 1. The first kappa shape index (κ1) is 33.9. The summed E-state index contributed by atoms with van der Waals surface area (Å²) in [4.78, 5) is 0. The van der Waals surface area contributed by atoms with Crippen molar-refractivity contribution in [3.63, 3.8) is 0 Å². The Balaban J connectivity index is 1.76. The number of pyridine rings is 1. The Hall–Kier alpha value is -1.40. The maximum atomic E-state index is 14.5. The quantitative estimate of drug-likeness (QED) is 0.136. The average Bonchev–Trinajstić information content (AvgIpc) is 3.15. The van der Waals surface area contributed by atoms with Gasteiger partial charge < -0.3 is 19.1 Å². The van der Waals surface area contributed by atoms with Gasteiger partial charge >= 0.3 is 0 Å². The van der Waals surface area contributed by atoms with Gasteiger partial charge in [0.15, 0.2) is 23.8 Å². The highest BCUT2D eigenvalue weighted by atomic mass is 32.5. The zero-order valence-corrected chi connectivity index (χ0v) is 29.8. The molecule has 11 heteroatoms. The minimum Gasteiger partial charge on any atom is -0.618 e. The molecule has 5 rings (SSSR count). The maximum absolute atomic E-state index is 14.5. The standard InChI is InChI=1S/C33H51F4NO4SSi/c1-21(2)29-27-28(26-24(38(29)39)19-32(6,7)20-25(26)42-44(9,10)31(3,4)5)33(15-17-40-18-16-33)41-30(27)22-11-13-23(14-12-22)43(8,34,35,36)37/h11-13,21,23,25,30H,14-20H2,1-10H3. The first-order valence-electron chi connectivity index (χ1n) is 15.9. The average molecular weight is 662 g/mol. The summed E-state index contributed by atoms with van der Waals surface area (Å²) in [5.74, 6) is -0.173. The zero-order valence-electron chi connectivity index (χ0n) is 28.0. The van der Waals surface area contributed by atoms with Crippen molar-refractivity contribution < 1.29 is 34.2 Å². The third kappa shape index (κ3) is 5.93. The number of nitrogens with zero attached hydrogens (tertiary/aromatic N) is 1. The summed E-state index contributed by atoms with van der Waals surface area (Å²) in [6.45, 7) is 20.3. The molecule has 2 aliphatic carbocycles. The third-order valence-corrected chi connectivity index (χ3v) is 17.0. The summed E-state index contributed by atoms with van der Waals surface area (Å²) >= 11 is 0. The van der Waals surface area contributed by atoms with E-state index in [4.69, 9.17) is 13.9 Å². The predicted octanol–water partition coefficient (Wildman–Crippen LogP) is 9.85. The van der Waals surface area contributed by atoms with Crippen molar-refractivity contribution in [2.75, 3.05) is 19.5 Å². The summed E-state index contributed by atoms with van der Waals surface area (Å²) in [6, 6.07) is 0. The molecule has 1 aromatic rings. The highest BCUT2D eigenvalue weighted by Gasteiger charge is 2.63. The topological polar surface area (TPSA) is 54.6 Å². The van der Waals surface area contributed by atoms with E-state index in [0.29, 0.717) is 49.4 Å². The van der Waals surface area contributed by atoms with E-state index in [2.05, 4.69) is 47.7 Å². The molecule has 44 heavy (non-hydrogen) atoms. The smallest absolute Gasteiger partial charge is 0.202 e. The van der Waals surface area contributed by atoms with E-state index in [-0.39, 0.29) is 28.7 Å². The van der Waals surface area contributed by atoms with Gasteiger partial charge in [0.25, 0.3) is 0 Å². The minimum absolute atomic E-state index is 0.0569. The van der Waals surface area contributed by atoms with Crippen molar-refractivity contribution in [3.8, 4) is 0 Å². The Labute approximate surface area is 261 Å². The summed E-state index contributed by atoms with van der Waals surface area (Å²) in [7, 11) is -10.5. The second-order valence-electron chi connectivity index (χ2n) is 16.4. The first-order chi connectivity index (χ1) is 19.8. The molecule has 1 spiro atoms. The molecule has 4 aliphatic rings. The lowest BCUT2D eigenvalue weighted by atomic mass is 9.69. The summed E-state index contributed by atoms with van der Waals surface area (Å²) in [5.41, 5.74) is 3.51. The van der Waals surface area contributed by atoms with E-state index in [1.165, 1.54) is 12.2 Å².